The molecule has 0 N–H and O–H groups in total. The summed E-state index contributed by atoms with van der Waals surface area (Å²) in [6.45, 7) is 8.50. The van der Waals surface area contributed by atoms with Crippen LogP contribution in [0.1, 0.15) is 52.4 Å². The van der Waals surface area contributed by atoms with Gasteiger partial charge in [0, 0.05) is 0 Å². The second-order valence-electron chi connectivity index (χ2n) is 7.13. The van der Waals surface area contributed by atoms with Crippen LogP contribution in [0.3, 0.4) is 0 Å². The minimum Gasteiger partial charge on any atom is -0.0991 e. The predicted octanol–water partition coefficient (Wildman–Crippen LogP) is 6.15. The van der Waals surface area contributed by atoms with E-state index >= 15 is 0 Å². The maximum absolute atomic E-state index is 3.83. The molecule has 0 bridgehead atoms. The van der Waals surface area contributed by atoms with Crippen LogP contribution in [0.5, 0.6) is 0 Å². The van der Waals surface area contributed by atoms with Gasteiger partial charge in [-0.1, -0.05) is 73.4 Å². The summed E-state index contributed by atoms with van der Waals surface area (Å²) in [7, 11) is 0. The molecule has 0 nitrogen and oxygen atoms in total. The van der Waals surface area contributed by atoms with Crippen LogP contribution in [-0.2, 0) is 0 Å². The quantitative estimate of drug-likeness (QED) is 0.532. The van der Waals surface area contributed by atoms with Crippen molar-refractivity contribution in [3.63, 3.8) is 0 Å². The standard InChI is InChI=1S/C21H28/c1-4-5-9-18-15-19-11-10-16(2)14-20(19)21(17(18)3)12-7-6-8-13-21/h4-5,9-11,14,19-20H,1,6-8,12-13,15H2,2-3H3/b9-5-. The van der Waals surface area contributed by atoms with Gasteiger partial charge in [-0.05, 0) is 55.9 Å². The lowest BCUT2D eigenvalue weighted by molar-refractivity contribution is 0.124. The molecule has 0 amide bonds. The Morgan fingerprint density at radius 3 is 2.67 bits per heavy atom. The Kier molecular flexibility index (Phi) is 4.06. The predicted molar refractivity (Wildman–Crippen MR) is 92.0 cm³/mol. The van der Waals surface area contributed by atoms with Crippen molar-refractivity contribution in [2.24, 2.45) is 17.3 Å². The Morgan fingerprint density at radius 1 is 1.19 bits per heavy atom. The second-order valence-corrected chi connectivity index (χ2v) is 7.13. The van der Waals surface area contributed by atoms with Gasteiger partial charge in [-0.25, -0.2) is 0 Å². The van der Waals surface area contributed by atoms with E-state index in [1.54, 1.807) is 11.1 Å². The molecule has 2 unspecified atom stereocenters. The van der Waals surface area contributed by atoms with Gasteiger partial charge in [0.1, 0.15) is 0 Å². The summed E-state index contributed by atoms with van der Waals surface area (Å²) >= 11 is 0. The summed E-state index contributed by atoms with van der Waals surface area (Å²) < 4.78 is 0. The average molecular weight is 280 g/mol. The van der Waals surface area contributed by atoms with E-state index in [1.807, 2.05) is 6.08 Å². The highest BCUT2D eigenvalue weighted by molar-refractivity contribution is 5.40. The van der Waals surface area contributed by atoms with Crippen molar-refractivity contribution in [2.75, 3.05) is 0 Å². The Labute approximate surface area is 130 Å². The maximum atomic E-state index is 3.83. The van der Waals surface area contributed by atoms with E-state index in [1.165, 1.54) is 44.1 Å². The minimum absolute atomic E-state index is 0.425. The molecule has 0 aromatic rings. The third-order valence-electron chi connectivity index (χ3n) is 6.01. The zero-order valence-corrected chi connectivity index (χ0v) is 13.6. The van der Waals surface area contributed by atoms with Crippen molar-refractivity contribution in [2.45, 2.75) is 52.4 Å². The molecular weight excluding hydrogens is 252 g/mol. The maximum Gasteiger partial charge on any atom is -0.00164 e. The molecule has 3 aliphatic rings. The molecule has 0 saturated heterocycles. The molecule has 1 spiro atoms. The largest absolute Gasteiger partial charge is 0.0991 e. The Balaban J connectivity index is 2.07. The van der Waals surface area contributed by atoms with Gasteiger partial charge in [-0.3, -0.25) is 0 Å². The molecule has 0 aromatic carbocycles. The molecule has 21 heavy (non-hydrogen) atoms. The third kappa shape index (κ3) is 2.50. The van der Waals surface area contributed by atoms with Crippen molar-refractivity contribution in [1.82, 2.24) is 0 Å². The van der Waals surface area contributed by atoms with E-state index in [0.717, 1.165) is 5.92 Å². The zero-order valence-electron chi connectivity index (χ0n) is 13.6. The van der Waals surface area contributed by atoms with Crippen molar-refractivity contribution in [1.29, 1.82) is 0 Å². The highest BCUT2D eigenvalue weighted by Crippen LogP contribution is 2.57. The Morgan fingerprint density at radius 2 is 1.95 bits per heavy atom. The van der Waals surface area contributed by atoms with Gasteiger partial charge in [-0.2, -0.15) is 0 Å². The highest BCUT2D eigenvalue weighted by atomic mass is 14.5. The van der Waals surface area contributed by atoms with Crippen LogP contribution in [0.2, 0.25) is 0 Å². The molecule has 112 valence electrons. The molecule has 0 heteroatoms. The second kappa shape index (κ2) is 5.83. The molecule has 1 saturated carbocycles. The van der Waals surface area contributed by atoms with Crippen LogP contribution >= 0.6 is 0 Å². The number of allylic oxidation sites excluding steroid dienone is 9. The van der Waals surface area contributed by atoms with Crippen LogP contribution < -0.4 is 0 Å². The van der Waals surface area contributed by atoms with Gasteiger partial charge >= 0.3 is 0 Å². The number of hydrogen-bond acceptors (Lipinski definition) is 0. The summed E-state index contributed by atoms with van der Waals surface area (Å²) in [5.41, 5.74) is 5.12. The van der Waals surface area contributed by atoms with Crippen LogP contribution in [0.25, 0.3) is 0 Å². The fourth-order valence-corrected chi connectivity index (χ4v) is 4.87. The van der Waals surface area contributed by atoms with Gasteiger partial charge in [0.2, 0.25) is 0 Å². The molecule has 2 atom stereocenters. The number of fused-ring (bicyclic) bond motifs is 2. The smallest absolute Gasteiger partial charge is 0.00164 e. The van der Waals surface area contributed by atoms with Crippen molar-refractivity contribution in [3.8, 4) is 0 Å². The summed E-state index contributed by atoms with van der Waals surface area (Å²) in [5, 5.41) is 0. The molecule has 0 heterocycles. The third-order valence-corrected chi connectivity index (χ3v) is 6.01. The molecular formula is C21H28. The number of rotatable bonds is 2. The summed E-state index contributed by atoms with van der Waals surface area (Å²) in [5.74, 6) is 1.42. The van der Waals surface area contributed by atoms with Gasteiger partial charge < -0.3 is 0 Å². The van der Waals surface area contributed by atoms with Gasteiger partial charge in [-0.15, -0.1) is 0 Å². The first-order valence-corrected chi connectivity index (χ1v) is 8.53. The van der Waals surface area contributed by atoms with Crippen molar-refractivity contribution in [3.05, 3.63) is 59.8 Å². The molecule has 0 aliphatic heterocycles. The van der Waals surface area contributed by atoms with E-state index < -0.39 is 0 Å². The molecule has 0 radical (unpaired) electrons. The molecule has 1 fully saturated rings. The highest BCUT2D eigenvalue weighted by Gasteiger charge is 2.47. The fraction of sp³-hybridized carbons (Fsp3) is 0.524. The first-order chi connectivity index (χ1) is 10.2. The zero-order chi connectivity index (χ0) is 14.9. The first kappa shape index (κ1) is 14.6. The van der Waals surface area contributed by atoms with Crippen molar-refractivity contribution < 1.29 is 0 Å². The van der Waals surface area contributed by atoms with E-state index in [-0.39, 0.29) is 0 Å². The van der Waals surface area contributed by atoms with Crippen LogP contribution in [0.15, 0.2) is 59.8 Å². The summed E-state index contributed by atoms with van der Waals surface area (Å²) in [4.78, 5) is 0. The topological polar surface area (TPSA) is 0 Å². The van der Waals surface area contributed by atoms with Gasteiger partial charge in [0.15, 0.2) is 0 Å². The monoisotopic (exact) mass is 280 g/mol. The lowest BCUT2D eigenvalue weighted by Gasteiger charge is -2.51. The average Bonchev–Trinajstić information content (AvgIpc) is 2.51. The minimum atomic E-state index is 0.425. The molecule has 3 aliphatic carbocycles. The fourth-order valence-electron chi connectivity index (χ4n) is 4.87. The van der Waals surface area contributed by atoms with Gasteiger partial charge in [0.25, 0.3) is 0 Å². The SMILES string of the molecule is C=C/C=C\C1=C(C)C2(CCCCC2)C2C=C(C)C=CC2C1. The van der Waals surface area contributed by atoms with E-state index in [4.69, 9.17) is 0 Å². The summed E-state index contributed by atoms with van der Waals surface area (Å²) in [6.07, 6.45) is 21.9. The van der Waals surface area contributed by atoms with Crippen LogP contribution in [0, 0.1) is 17.3 Å². The van der Waals surface area contributed by atoms with E-state index in [0.29, 0.717) is 11.3 Å². The van der Waals surface area contributed by atoms with Crippen LogP contribution in [-0.4, -0.2) is 0 Å². The lowest BCUT2D eigenvalue weighted by Crippen LogP contribution is -2.41. The van der Waals surface area contributed by atoms with Crippen molar-refractivity contribution >= 4 is 0 Å². The Bertz CT molecular complexity index is 532. The first-order valence-electron chi connectivity index (χ1n) is 8.53. The summed E-state index contributed by atoms with van der Waals surface area (Å²) in [6, 6.07) is 0. The van der Waals surface area contributed by atoms with E-state index in [9.17, 15) is 0 Å². The van der Waals surface area contributed by atoms with E-state index in [2.05, 4.69) is 50.8 Å². The lowest BCUT2D eigenvalue weighted by atomic mass is 9.53. The molecule has 3 rings (SSSR count). The van der Waals surface area contributed by atoms with Gasteiger partial charge in [0.05, 0.1) is 0 Å². The Hall–Kier alpha value is -1.30. The number of hydrogen-bond donors (Lipinski definition) is 0. The molecule has 0 aromatic heterocycles. The van der Waals surface area contributed by atoms with Crippen LogP contribution in [0.4, 0.5) is 0 Å². The normalized spacial score (nSPS) is 31.4.